The predicted octanol–water partition coefficient (Wildman–Crippen LogP) is -0.710. The number of hydrogen-bond acceptors (Lipinski definition) is 5. The summed E-state index contributed by atoms with van der Waals surface area (Å²) in [6, 6.07) is 0. The number of nitrogens with two attached hydrogens (primary N) is 1. The van der Waals surface area contributed by atoms with Crippen molar-refractivity contribution in [1.29, 1.82) is 0 Å². The van der Waals surface area contributed by atoms with Crippen molar-refractivity contribution in [3.8, 4) is 0 Å². The van der Waals surface area contributed by atoms with E-state index in [-0.39, 0.29) is 5.56 Å². The lowest BCUT2D eigenvalue weighted by Gasteiger charge is -2.25. The number of anilines is 1. The van der Waals surface area contributed by atoms with Gasteiger partial charge in [-0.05, 0) is 18.9 Å². The van der Waals surface area contributed by atoms with Gasteiger partial charge in [0.15, 0.2) is 0 Å². The predicted molar refractivity (Wildman–Crippen MR) is 75.4 cm³/mol. The molecule has 1 aromatic rings. The molecule has 0 bridgehead atoms. The monoisotopic (exact) mass is 269 g/mol. The SMILES string of the molecule is CC(C)CN(CCCN)c1nn(C)c(=O)n(C)c1=O. The molecule has 0 unspecified atom stereocenters. The largest absolute Gasteiger partial charge is 0.350 e. The molecular weight excluding hydrogens is 246 g/mol. The van der Waals surface area contributed by atoms with Crippen LogP contribution >= 0.6 is 0 Å². The molecule has 1 heterocycles. The molecule has 1 rings (SSSR count). The molecule has 0 saturated carbocycles. The number of hydrogen-bond donors (Lipinski definition) is 1. The normalized spacial score (nSPS) is 11.1. The first kappa shape index (κ1) is 15.4. The minimum Gasteiger partial charge on any atom is -0.350 e. The topological polar surface area (TPSA) is 86.2 Å². The van der Waals surface area contributed by atoms with Crippen molar-refractivity contribution in [2.45, 2.75) is 20.3 Å². The molecule has 0 aromatic carbocycles. The van der Waals surface area contributed by atoms with E-state index >= 15 is 0 Å². The van der Waals surface area contributed by atoms with E-state index in [1.54, 1.807) is 7.05 Å². The van der Waals surface area contributed by atoms with E-state index in [1.165, 1.54) is 11.7 Å². The van der Waals surface area contributed by atoms with E-state index in [2.05, 4.69) is 18.9 Å². The van der Waals surface area contributed by atoms with Crippen molar-refractivity contribution in [1.82, 2.24) is 14.3 Å². The summed E-state index contributed by atoms with van der Waals surface area (Å²) in [5.74, 6) is 0.702. The molecule has 108 valence electrons. The van der Waals surface area contributed by atoms with Gasteiger partial charge in [0, 0.05) is 27.2 Å². The van der Waals surface area contributed by atoms with E-state index in [0.29, 0.717) is 31.4 Å². The molecule has 1 aromatic heterocycles. The van der Waals surface area contributed by atoms with Crippen molar-refractivity contribution in [3.05, 3.63) is 20.8 Å². The van der Waals surface area contributed by atoms with Gasteiger partial charge in [0.25, 0.3) is 5.56 Å². The summed E-state index contributed by atoms with van der Waals surface area (Å²) >= 11 is 0. The molecule has 0 saturated heterocycles. The zero-order valence-corrected chi connectivity index (χ0v) is 12.1. The fourth-order valence-electron chi connectivity index (χ4n) is 1.89. The van der Waals surface area contributed by atoms with E-state index in [9.17, 15) is 9.59 Å². The summed E-state index contributed by atoms with van der Waals surface area (Å²) in [5.41, 5.74) is 4.74. The van der Waals surface area contributed by atoms with Gasteiger partial charge in [-0.1, -0.05) is 13.8 Å². The highest BCUT2D eigenvalue weighted by Crippen LogP contribution is 2.07. The molecule has 0 aliphatic heterocycles. The lowest BCUT2D eigenvalue weighted by molar-refractivity contribution is 0.554. The first-order valence-corrected chi connectivity index (χ1v) is 6.47. The van der Waals surface area contributed by atoms with Crippen LogP contribution in [0, 0.1) is 5.92 Å². The smallest absolute Gasteiger partial charge is 0.346 e. The van der Waals surface area contributed by atoms with Crippen molar-refractivity contribution >= 4 is 5.82 Å². The average Bonchev–Trinajstić information content (AvgIpc) is 2.36. The summed E-state index contributed by atoms with van der Waals surface area (Å²) in [7, 11) is 3.01. The second-order valence-corrected chi connectivity index (χ2v) is 5.08. The van der Waals surface area contributed by atoms with Crippen LogP contribution in [0.2, 0.25) is 0 Å². The summed E-state index contributed by atoms with van der Waals surface area (Å²) in [6.45, 7) is 6.07. The summed E-state index contributed by atoms with van der Waals surface area (Å²) < 4.78 is 2.27. The van der Waals surface area contributed by atoms with Crippen LogP contribution in [-0.4, -0.2) is 34.0 Å². The Kier molecular flexibility index (Phi) is 5.29. The van der Waals surface area contributed by atoms with Crippen LogP contribution in [-0.2, 0) is 14.1 Å². The highest BCUT2D eigenvalue weighted by Gasteiger charge is 2.16. The third-order valence-corrected chi connectivity index (χ3v) is 2.82. The Morgan fingerprint density at radius 1 is 1.32 bits per heavy atom. The molecule has 0 atom stereocenters. The minimum atomic E-state index is -0.419. The van der Waals surface area contributed by atoms with Crippen LogP contribution < -0.4 is 21.9 Å². The van der Waals surface area contributed by atoms with E-state index in [0.717, 1.165) is 11.0 Å². The second-order valence-electron chi connectivity index (χ2n) is 5.08. The molecule has 0 spiro atoms. The highest BCUT2D eigenvalue weighted by molar-refractivity contribution is 5.34. The van der Waals surface area contributed by atoms with Gasteiger partial charge in [-0.2, -0.15) is 0 Å². The highest BCUT2D eigenvalue weighted by atomic mass is 16.2. The van der Waals surface area contributed by atoms with Crippen molar-refractivity contribution in [2.75, 3.05) is 24.5 Å². The van der Waals surface area contributed by atoms with Gasteiger partial charge >= 0.3 is 5.69 Å². The molecule has 0 aliphatic rings. The molecule has 19 heavy (non-hydrogen) atoms. The van der Waals surface area contributed by atoms with Crippen LogP contribution in [0.4, 0.5) is 5.82 Å². The summed E-state index contributed by atoms with van der Waals surface area (Å²) in [5, 5.41) is 4.10. The van der Waals surface area contributed by atoms with E-state index in [4.69, 9.17) is 5.73 Å². The minimum absolute atomic E-state index is 0.312. The average molecular weight is 269 g/mol. The number of rotatable bonds is 6. The van der Waals surface area contributed by atoms with Crippen LogP contribution in [0.3, 0.4) is 0 Å². The van der Waals surface area contributed by atoms with Crippen LogP contribution in [0.1, 0.15) is 20.3 Å². The van der Waals surface area contributed by atoms with E-state index < -0.39 is 5.69 Å². The standard InChI is InChI=1S/C12H23N5O2/c1-9(2)8-17(7-5-6-13)10-11(18)15(3)12(19)16(4)14-10/h9H,5-8,13H2,1-4H3. The van der Waals surface area contributed by atoms with Gasteiger partial charge in [-0.15, -0.1) is 5.10 Å². The molecule has 0 fully saturated rings. The van der Waals surface area contributed by atoms with Crippen molar-refractivity contribution < 1.29 is 0 Å². The number of aryl methyl sites for hydroxylation is 1. The maximum Gasteiger partial charge on any atom is 0.346 e. The fraction of sp³-hybridized carbons (Fsp3) is 0.750. The van der Waals surface area contributed by atoms with Gasteiger partial charge < -0.3 is 10.6 Å². The molecule has 0 radical (unpaired) electrons. The maximum atomic E-state index is 12.1. The molecule has 0 aliphatic carbocycles. The Labute approximate surface area is 112 Å². The lowest BCUT2D eigenvalue weighted by Crippen LogP contribution is -2.44. The van der Waals surface area contributed by atoms with Gasteiger partial charge in [0.2, 0.25) is 5.82 Å². The number of aromatic nitrogens is 3. The zero-order valence-electron chi connectivity index (χ0n) is 12.1. The molecule has 7 nitrogen and oxygen atoms in total. The molecule has 7 heteroatoms. The molecule has 2 N–H and O–H groups in total. The van der Waals surface area contributed by atoms with Gasteiger partial charge in [0.1, 0.15) is 0 Å². The third-order valence-electron chi connectivity index (χ3n) is 2.82. The van der Waals surface area contributed by atoms with Crippen LogP contribution in [0.5, 0.6) is 0 Å². The summed E-state index contributed by atoms with van der Waals surface area (Å²) in [4.78, 5) is 25.7. The van der Waals surface area contributed by atoms with Gasteiger partial charge in [-0.25, -0.2) is 9.48 Å². The fourth-order valence-corrected chi connectivity index (χ4v) is 1.89. The van der Waals surface area contributed by atoms with Gasteiger partial charge in [0.05, 0.1) is 0 Å². The maximum absolute atomic E-state index is 12.1. The Bertz CT molecular complexity index is 532. The Morgan fingerprint density at radius 2 is 1.95 bits per heavy atom. The zero-order chi connectivity index (χ0) is 14.6. The Hall–Kier alpha value is -1.63. The van der Waals surface area contributed by atoms with Crippen molar-refractivity contribution in [3.63, 3.8) is 0 Å². The molecule has 0 amide bonds. The first-order valence-electron chi connectivity index (χ1n) is 6.47. The summed E-state index contributed by atoms with van der Waals surface area (Å²) in [6.07, 6.45) is 0.778. The van der Waals surface area contributed by atoms with Gasteiger partial charge in [-0.3, -0.25) is 9.36 Å². The van der Waals surface area contributed by atoms with Crippen LogP contribution in [0.25, 0.3) is 0 Å². The second kappa shape index (κ2) is 6.51. The number of nitrogens with zero attached hydrogens (tertiary/aromatic N) is 4. The third kappa shape index (κ3) is 3.66. The Balaban J connectivity index is 3.22. The Morgan fingerprint density at radius 3 is 2.47 bits per heavy atom. The first-order chi connectivity index (χ1) is 8.88. The van der Waals surface area contributed by atoms with Crippen molar-refractivity contribution in [2.24, 2.45) is 25.7 Å². The lowest BCUT2D eigenvalue weighted by atomic mass is 10.2. The van der Waals surface area contributed by atoms with Crippen LogP contribution in [0.15, 0.2) is 9.59 Å². The quantitative estimate of drug-likeness (QED) is 0.737. The molecular formula is C12H23N5O2. The van der Waals surface area contributed by atoms with E-state index in [1.807, 2.05) is 4.90 Å².